The van der Waals surface area contributed by atoms with Crippen molar-refractivity contribution in [2.75, 3.05) is 12.0 Å². The maximum atomic E-state index is 13.9. The van der Waals surface area contributed by atoms with Crippen molar-refractivity contribution in [2.24, 2.45) is 17.3 Å². The van der Waals surface area contributed by atoms with Crippen LogP contribution in [0.25, 0.3) is 0 Å². The van der Waals surface area contributed by atoms with Crippen LogP contribution in [-0.4, -0.2) is 31.2 Å². The van der Waals surface area contributed by atoms with Gasteiger partial charge in [0, 0.05) is 17.4 Å². The topological polar surface area (TPSA) is 46.6 Å². The van der Waals surface area contributed by atoms with Crippen LogP contribution in [0.4, 0.5) is 10.1 Å². The van der Waals surface area contributed by atoms with E-state index >= 15 is 0 Å². The summed E-state index contributed by atoms with van der Waals surface area (Å²) in [6.45, 7) is 8.33. The number of methoxy groups -OCH3 is 1. The quantitative estimate of drug-likeness (QED) is 0.386. The Balaban J connectivity index is 2.02. The first-order chi connectivity index (χ1) is 15.1. The summed E-state index contributed by atoms with van der Waals surface area (Å²) < 4.78 is 19.0. The number of alkyl halides is 1. The third-order valence-corrected chi connectivity index (χ3v) is 7.52. The van der Waals surface area contributed by atoms with Crippen LogP contribution >= 0.6 is 11.3 Å². The van der Waals surface area contributed by atoms with Crippen LogP contribution in [0.3, 0.4) is 0 Å². The van der Waals surface area contributed by atoms with E-state index in [9.17, 15) is 14.0 Å². The molecule has 0 unspecified atom stereocenters. The second-order valence-electron chi connectivity index (χ2n) is 10.4. The van der Waals surface area contributed by atoms with E-state index in [1.54, 1.807) is 0 Å². The van der Waals surface area contributed by atoms with E-state index in [1.165, 1.54) is 18.4 Å². The normalized spacial score (nSPS) is 26.1. The van der Waals surface area contributed by atoms with Gasteiger partial charge in [-0.1, -0.05) is 18.8 Å². The molecule has 0 radical (unpaired) electrons. The van der Waals surface area contributed by atoms with Gasteiger partial charge in [-0.05, 0) is 84.1 Å². The molecule has 2 aliphatic carbocycles. The number of thiophene rings is 1. The minimum atomic E-state index is -0.811. The average molecular weight is 462 g/mol. The van der Waals surface area contributed by atoms with Crippen LogP contribution in [0.1, 0.15) is 93.6 Å². The molecule has 0 spiro atoms. The molecule has 2 saturated carbocycles. The monoisotopic (exact) mass is 461 g/mol. The first-order valence-electron chi connectivity index (χ1n) is 11.8. The van der Waals surface area contributed by atoms with Gasteiger partial charge in [-0.25, -0.2) is 9.18 Å². The molecule has 0 atom stereocenters. The van der Waals surface area contributed by atoms with Crippen molar-refractivity contribution in [1.82, 2.24) is 0 Å². The second-order valence-corrected chi connectivity index (χ2v) is 11.4. The molecule has 1 aromatic heterocycles. The lowest BCUT2D eigenvalue weighted by Gasteiger charge is -2.38. The van der Waals surface area contributed by atoms with E-state index in [-0.39, 0.29) is 23.3 Å². The van der Waals surface area contributed by atoms with Gasteiger partial charge in [0.1, 0.15) is 11.0 Å². The fourth-order valence-corrected chi connectivity index (χ4v) is 5.52. The summed E-state index contributed by atoms with van der Waals surface area (Å²) in [5.74, 6) is 6.59. The number of hydrogen-bond donors (Lipinski definition) is 0. The lowest BCUT2D eigenvalue weighted by Crippen LogP contribution is -2.46. The summed E-state index contributed by atoms with van der Waals surface area (Å²) >= 11 is 1.27. The van der Waals surface area contributed by atoms with Crippen molar-refractivity contribution in [3.8, 4) is 11.8 Å². The molecule has 1 heterocycles. The molecule has 2 fully saturated rings. The van der Waals surface area contributed by atoms with Gasteiger partial charge in [-0.15, -0.1) is 11.3 Å². The van der Waals surface area contributed by atoms with Crippen molar-refractivity contribution in [2.45, 2.75) is 91.3 Å². The van der Waals surface area contributed by atoms with Crippen LogP contribution in [0, 0.1) is 29.1 Å². The Hall–Kier alpha value is -1.87. The predicted molar refractivity (Wildman–Crippen MR) is 128 cm³/mol. The summed E-state index contributed by atoms with van der Waals surface area (Å²) in [6.07, 6.45) is 5.11. The summed E-state index contributed by atoms with van der Waals surface area (Å²) in [4.78, 5) is 29.5. The maximum Gasteiger partial charge on any atom is 0.350 e. The first-order valence-corrected chi connectivity index (χ1v) is 12.6. The van der Waals surface area contributed by atoms with Crippen LogP contribution in [-0.2, 0) is 9.53 Å². The van der Waals surface area contributed by atoms with E-state index in [0.29, 0.717) is 42.2 Å². The third kappa shape index (κ3) is 6.13. The number of carbonyl (C=O) groups is 2. The van der Waals surface area contributed by atoms with E-state index in [0.717, 1.165) is 30.6 Å². The van der Waals surface area contributed by atoms with Crippen molar-refractivity contribution in [3.05, 3.63) is 15.8 Å². The Labute approximate surface area is 195 Å². The number of amides is 1. The number of rotatable bonds is 4. The summed E-state index contributed by atoms with van der Waals surface area (Å²) in [6, 6.07) is 1.76. The lowest BCUT2D eigenvalue weighted by molar-refractivity contribution is -0.124. The maximum absolute atomic E-state index is 13.9. The van der Waals surface area contributed by atoms with Gasteiger partial charge in [-0.3, -0.25) is 4.79 Å². The van der Waals surface area contributed by atoms with Gasteiger partial charge in [0.15, 0.2) is 0 Å². The van der Waals surface area contributed by atoms with E-state index in [2.05, 4.69) is 18.8 Å². The molecular formula is C26H36FNO3S. The average Bonchev–Trinajstić information content (AvgIpc) is 3.17. The van der Waals surface area contributed by atoms with E-state index in [4.69, 9.17) is 4.74 Å². The lowest BCUT2D eigenvalue weighted by atomic mass is 9.81. The van der Waals surface area contributed by atoms with Gasteiger partial charge in [-0.2, -0.15) is 0 Å². The van der Waals surface area contributed by atoms with Gasteiger partial charge in [0.05, 0.1) is 17.7 Å². The fraction of sp³-hybridized carbons (Fsp3) is 0.692. The molecule has 0 aromatic carbocycles. The zero-order valence-electron chi connectivity index (χ0n) is 20.0. The summed E-state index contributed by atoms with van der Waals surface area (Å²) in [5.41, 5.74) is 0.412. The van der Waals surface area contributed by atoms with Crippen LogP contribution in [0.5, 0.6) is 0 Å². The Morgan fingerprint density at radius 3 is 2.28 bits per heavy atom. The van der Waals surface area contributed by atoms with Gasteiger partial charge >= 0.3 is 5.97 Å². The molecule has 6 heteroatoms. The molecule has 0 aliphatic heterocycles. The molecule has 0 N–H and O–H groups in total. The fourth-order valence-electron chi connectivity index (χ4n) is 4.60. The largest absolute Gasteiger partial charge is 0.465 e. The second kappa shape index (κ2) is 10.4. The zero-order valence-corrected chi connectivity index (χ0v) is 20.8. The third-order valence-electron chi connectivity index (χ3n) is 6.50. The molecule has 1 aromatic rings. The van der Waals surface area contributed by atoms with Gasteiger partial charge in [0.2, 0.25) is 5.91 Å². The highest BCUT2D eigenvalue weighted by molar-refractivity contribution is 7.15. The summed E-state index contributed by atoms with van der Waals surface area (Å²) in [7, 11) is 1.36. The molecule has 1 amide bonds. The Bertz CT molecular complexity index is 875. The highest BCUT2D eigenvalue weighted by Crippen LogP contribution is 2.39. The van der Waals surface area contributed by atoms with Gasteiger partial charge < -0.3 is 9.64 Å². The predicted octanol–water partition coefficient (Wildman–Crippen LogP) is 6.37. The van der Waals surface area contributed by atoms with Crippen molar-refractivity contribution in [1.29, 1.82) is 0 Å². The number of esters is 1. The van der Waals surface area contributed by atoms with Crippen molar-refractivity contribution in [3.63, 3.8) is 0 Å². The van der Waals surface area contributed by atoms with E-state index < -0.39 is 12.1 Å². The number of carbonyl (C=O) groups excluding carboxylic acids is 2. The summed E-state index contributed by atoms with van der Waals surface area (Å²) in [5, 5.41) is 0. The smallest absolute Gasteiger partial charge is 0.350 e. The minimum absolute atomic E-state index is 0.0520. The SMILES string of the molecule is COC(=O)c1sc(C#CC(C)(C)C)cc1N(C(=O)[C@H]1CC[C@H](C)CC1)C1CCC(F)CC1. The molecule has 2 aliphatic rings. The number of halogens is 1. The van der Waals surface area contributed by atoms with Gasteiger partial charge in [0.25, 0.3) is 0 Å². The Morgan fingerprint density at radius 1 is 1.09 bits per heavy atom. The zero-order chi connectivity index (χ0) is 23.5. The number of anilines is 1. The minimum Gasteiger partial charge on any atom is -0.465 e. The number of ether oxygens (including phenoxy) is 1. The Kier molecular flexibility index (Phi) is 8.03. The molecule has 3 rings (SSSR count). The van der Waals surface area contributed by atoms with Crippen LogP contribution < -0.4 is 4.90 Å². The van der Waals surface area contributed by atoms with Crippen LogP contribution in [0.2, 0.25) is 0 Å². The highest BCUT2D eigenvalue weighted by Gasteiger charge is 2.37. The molecule has 4 nitrogen and oxygen atoms in total. The number of hydrogen-bond acceptors (Lipinski definition) is 4. The molecule has 176 valence electrons. The Morgan fingerprint density at radius 2 is 1.72 bits per heavy atom. The van der Waals surface area contributed by atoms with Crippen molar-refractivity contribution < 1.29 is 18.7 Å². The molecule has 0 bridgehead atoms. The molecular weight excluding hydrogens is 425 g/mol. The standard InChI is InChI=1S/C26H36FNO3S/c1-17-6-8-18(9-7-17)24(29)28(20-12-10-19(27)11-13-20)22-16-21(14-15-26(2,3)4)32-23(22)25(30)31-5/h16-20H,6-13H2,1-5H3/t17-,18-,19?,20?. The number of nitrogens with zero attached hydrogens (tertiary/aromatic N) is 1. The van der Waals surface area contributed by atoms with Crippen molar-refractivity contribution >= 4 is 28.9 Å². The molecule has 32 heavy (non-hydrogen) atoms. The molecule has 0 saturated heterocycles. The van der Waals surface area contributed by atoms with Crippen LogP contribution in [0.15, 0.2) is 6.07 Å². The first kappa shape index (κ1) is 24.8. The van der Waals surface area contributed by atoms with E-state index in [1.807, 2.05) is 31.7 Å². The highest BCUT2D eigenvalue weighted by atomic mass is 32.1.